The van der Waals surface area contributed by atoms with E-state index < -0.39 is 5.41 Å². The van der Waals surface area contributed by atoms with Gasteiger partial charge in [0.05, 0.1) is 5.41 Å². The monoisotopic (exact) mass is 727 g/mol. The molecule has 1 nitrogen and oxygen atoms in total. The third kappa shape index (κ3) is 5.46. The number of hydrogen-bond donors (Lipinski definition) is 0. The fourth-order valence-corrected chi connectivity index (χ4v) is 9.39. The summed E-state index contributed by atoms with van der Waals surface area (Å²) < 4.78 is 0. The van der Waals surface area contributed by atoms with Gasteiger partial charge in [0.2, 0.25) is 0 Å². The van der Waals surface area contributed by atoms with E-state index in [9.17, 15) is 0 Å². The number of anilines is 3. The maximum atomic E-state index is 4.24. The van der Waals surface area contributed by atoms with Crippen LogP contribution in [0.15, 0.2) is 213 Å². The van der Waals surface area contributed by atoms with Gasteiger partial charge in [0.25, 0.3) is 0 Å². The molecule has 0 saturated heterocycles. The molecule has 0 spiro atoms. The molecule has 0 atom stereocenters. The van der Waals surface area contributed by atoms with E-state index in [4.69, 9.17) is 0 Å². The molecule has 57 heavy (non-hydrogen) atoms. The summed E-state index contributed by atoms with van der Waals surface area (Å²) in [6, 6.07) is 73.5. The molecule has 10 rings (SSSR count). The van der Waals surface area contributed by atoms with Gasteiger partial charge < -0.3 is 4.90 Å². The normalized spacial score (nSPS) is 12.8. The van der Waals surface area contributed by atoms with Crippen LogP contribution in [0.3, 0.4) is 0 Å². The molecule has 0 heterocycles. The van der Waals surface area contributed by atoms with E-state index in [0.29, 0.717) is 0 Å². The summed E-state index contributed by atoms with van der Waals surface area (Å²) in [7, 11) is 0. The van der Waals surface area contributed by atoms with Crippen molar-refractivity contribution in [1.29, 1.82) is 0 Å². The Morgan fingerprint density at radius 3 is 1.63 bits per heavy atom. The fourth-order valence-electron chi connectivity index (χ4n) is 9.39. The topological polar surface area (TPSA) is 3.24 Å². The third-order valence-electron chi connectivity index (χ3n) is 11.8. The molecule has 0 aromatic heterocycles. The van der Waals surface area contributed by atoms with Gasteiger partial charge in [-0.25, -0.2) is 0 Å². The summed E-state index contributed by atoms with van der Waals surface area (Å²) in [5, 5.41) is 4.84. The first-order valence-electron chi connectivity index (χ1n) is 19.8. The Labute approximate surface area is 335 Å². The molecular formula is C56H41N. The molecule has 1 heteroatoms. The zero-order valence-electron chi connectivity index (χ0n) is 31.9. The van der Waals surface area contributed by atoms with Gasteiger partial charge in [-0.2, -0.15) is 0 Å². The Hall–Kier alpha value is -7.22. The van der Waals surface area contributed by atoms with Gasteiger partial charge in [-0.05, 0) is 121 Å². The highest BCUT2D eigenvalue weighted by molar-refractivity contribution is 6.15. The summed E-state index contributed by atoms with van der Waals surface area (Å²) in [6.45, 7) is 6.33. The first-order valence-corrected chi connectivity index (χ1v) is 19.8. The third-order valence-corrected chi connectivity index (χ3v) is 11.8. The van der Waals surface area contributed by atoms with Crippen molar-refractivity contribution in [2.45, 2.75) is 12.3 Å². The maximum absolute atomic E-state index is 4.24. The highest BCUT2D eigenvalue weighted by Crippen LogP contribution is 2.57. The SMILES string of the molecule is C=Cc1c(/C=C\C)c2ccc(N(c3ccc(-c4ccccc4)cc3)c3ccc4c(c3)C(c3ccccc3)(c3ccccc3)c3ccccc3-4)cc2c2ccccc12. The molecule has 0 aliphatic heterocycles. The second-order valence-electron chi connectivity index (χ2n) is 14.8. The minimum atomic E-state index is -0.505. The van der Waals surface area contributed by atoms with Crippen LogP contribution in [0.4, 0.5) is 17.1 Å². The Kier molecular flexibility index (Phi) is 8.50. The fraction of sp³-hybridized carbons (Fsp3) is 0.0357. The van der Waals surface area contributed by atoms with Gasteiger partial charge >= 0.3 is 0 Å². The predicted octanol–water partition coefficient (Wildman–Crippen LogP) is 15.2. The zero-order chi connectivity index (χ0) is 38.3. The molecule has 1 aliphatic carbocycles. The Morgan fingerprint density at radius 1 is 0.421 bits per heavy atom. The molecular weight excluding hydrogens is 687 g/mol. The minimum absolute atomic E-state index is 0.505. The molecule has 0 N–H and O–H groups in total. The highest BCUT2D eigenvalue weighted by Gasteiger charge is 2.46. The molecule has 0 radical (unpaired) electrons. The lowest BCUT2D eigenvalue weighted by Gasteiger charge is -2.35. The summed E-state index contributed by atoms with van der Waals surface area (Å²) >= 11 is 0. The van der Waals surface area contributed by atoms with Crippen molar-refractivity contribution in [2.75, 3.05) is 4.90 Å². The molecule has 9 aromatic rings. The van der Waals surface area contributed by atoms with Gasteiger partial charge in [0, 0.05) is 17.1 Å². The lowest BCUT2D eigenvalue weighted by atomic mass is 9.67. The Morgan fingerprint density at radius 2 is 0.947 bits per heavy atom. The first-order chi connectivity index (χ1) is 28.2. The zero-order valence-corrected chi connectivity index (χ0v) is 31.9. The van der Waals surface area contributed by atoms with Crippen LogP contribution < -0.4 is 4.90 Å². The summed E-state index contributed by atoms with van der Waals surface area (Å²) in [5.41, 5.74) is 15.2. The molecule has 1 aliphatic rings. The van der Waals surface area contributed by atoms with E-state index in [0.717, 1.165) is 22.6 Å². The van der Waals surface area contributed by atoms with Crippen molar-refractivity contribution in [3.63, 3.8) is 0 Å². The standard InChI is InChI=1S/C56H41N/c1-3-18-47-46(4-2)48-25-14-15-26-49(48)53-37-44(33-35-50(47)53)57(43-31-29-40(30-32-43)39-19-8-5-9-20-39)45-34-36-52-51-27-16-17-28-54(51)56(55(52)38-45,41-21-10-6-11-22-41)42-23-12-7-13-24-42/h3-38H,2H2,1H3/b18-3-. The number of nitrogens with zero attached hydrogens (tertiary/aromatic N) is 1. The van der Waals surface area contributed by atoms with Crippen LogP contribution >= 0.6 is 0 Å². The molecule has 0 bridgehead atoms. The van der Waals surface area contributed by atoms with E-state index in [1.165, 1.54) is 71.6 Å². The molecule has 0 saturated carbocycles. The average Bonchev–Trinajstić information content (AvgIpc) is 3.58. The van der Waals surface area contributed by atoms with Crippen molar-refractivity contribution < 1.29 is 0 Å². The van der Waals surface area contributed by atoms with Gasteiger partial charge in [-0.1, -0.05) is 189 Å². The van der Waals surface area contributed by atoms with Crippen LogP contribution in [0.25, 0.3) is 56.0 Å². The minimum Gasteiger partial charge on any atom is -0.310 e. The van der Waals surface area contributed by atoms with Crippen molar-refractivity contribution in [2.24, 2.45) is 0 Å². The van der Waals surface area contributed by atoms with E-state index in [1.54, 1.807) is 0 Å². The molecule has 270 valence electrons. The smallest absolute Gasteiger partial charge is 0.0714 e. The Balaban J connectivity index is 1.25. The van der Waals surface area contributed by atoms with Gasteiger partial charge in [-0.3, -0.25) is 0 Å². The second kappa shape index (κ2) is 14.1. The van der Waals surface area contributed by atoms with E-state index in [-0.39, 0.29) is 0 Å². The van der Waals surface area contributed by atoms with Crippen LogP contribution in [0, 0.1) is 0 Å². The van der Waals surface area contributed by atoms with E-state index >= 15 is 0 Å². The van der Waals surface area contributed by atoms with Gasteiger partial charge in [0.1, 0.15) is 0 Å². The van der Waals surface area contributed by atoms with Crippen LogP contribution in [-0.2, 0) is 5.41 Å². The van der Waals surface area contributed by atoms with Crippen LogP contribution in [0.5, 0.6) is 0 Å². The number of benzene rings is 9. The van der Waals surface area contributed by atoms with Crippen molar-refractivity contribution in [1.82, 2.24) is 0 Å². The number of hydrogen-bond acceptors (Lipinski definition) is 1. The van der Waals surface area contributed by atoms with Crippen molar-refractivity contribution >= 4 is 50.8 Å². The number of fused-ring (bicyclic) bond motifs is 6. The van der Waals surface area contributed by atoms with Crippen molar-refractivity contribution in [3.05, 3.63) is 246 Å². The first kappa shape index (κ1) is 34.3. The maximum Gasteiger partial charge on any atom is 0.0714 e. The summed E-state index contributed by atoms with van der Waals surface area (Å²) in [4.78, 5) is 2.43. The van der Waals surface area contributed by atoms with Crippen molar-refractivity contribution in [3.8, 4) is 22.3 Å². The second-order valence-corrected chi connectivity index (χ2v) is 14.8. The van der Waals surface area contributed by atoms with E-state index in [2.05, 4.69) is 231 Å². The predicted molar refractivity (Wildman–Crippen MR) is 244 cm³/mol. The molecule has 9 aromatic carbocycles. The molecule has 0 unspecified atom stereocenters. The summed E-state index contributed by atoms with van der Waals surface area (Å²) in [6.07, 6.45) is 6.34. The summed E-state index contributed by atoms with van der Waals surface area (Å²) in [5.74, 6) is 0. The Bertz CT molecular complexity index is 2920. The largest absolute Gasteiger partial charge is 0.310 e. The van der Waals surface area contributed by atoms with Crippen LogP contribution in [0.1, 0.15) is 40.3 Å². The van der Waals surface area contributed by atoms with Crippen LogP contribution in [0.2, 0.25) is 0 Å². The molecule has 0 fully saturated rings. The van der Waals surface area contributed by atoms with Gasteiger partial charge in [-0.15, -0.1) is 0 Å². The average molecular weight is 728 g/mol. The molecule has 0 amide bonds. The highest BCUT2D eigenvalue weighted by atomic mass is 15.1. The van der Waals surface area contributed by atoms with E-state index in [1.807, 2.05) is 6.08 Å². The van der Waals surface area contributed by atoms with Gasteiger partial charge in [0.15, 0.2) is 0 Å². The lowest BCUT2D eigenvalue weighted by Crippen LogP contribution is -2.28. The van der Waals surface area contributed by atoms with Crippen LogP contribution in [-0.4, -0.2) is 0 Å². The number of allylic oxidation sites excluding steroid dienone is 1. The number of rotatable bonds is 8. The lowest BCUT2D eigenvalue weighted by molar-refractivity contribution is 0.768. The quantitative estimate of drug-likeness (QED) is 0.141.